The predicted octanol–water partition coefficient (Wildman–Crippen LogP) is 1.86. The lowest BCUT2D eigenvalue weighted by atomic mass is 10.0. The van der Waals surface area contributed by atoms with Gasteiger partial charge in [0.15, 0.2) is 0 Å². The first-order valence-corrected chi connectivity index (χ1v) is 5.30. The first-order chi connectivity index (χ1) is 7.36. The minimum absolute atomic E-state index is 0.321. The Morgan fingerprint density at radius 2 is 2.00 bits per heavy atom. The molecule has 0 fully saturated rings. The molecular weight excluding hydrogens is 184 g/mol. The van der Waals surface area contributed by atoms with Crippen LogP contribution in [0, 0.1) is 12.3 Å². The normalized spacial score (nSPS) is 12.0. The Hall–Kier alpha value is -1.30. The molecule has 0 saturated heterocycles. The maximum absolute atomic E-state index is 5.46. The van der Waals surface area contributed by atoms with Crippen LogP contribution < -0.4 is 11.3 Å². The molecule has 3 N–H and O–H groups in total. The van der Waals surface area contributed by atoms with Crippen LogP contribution in [0.15, 0.2) is 30.3 Å². The second-order valence-electron chi connectivity index (χ2n) is 3.63. The van der Waals surface area contributed by atoms with Gasteiger partial charge in [-0.3, -0.25) is 11.3 Å². The number of rotatable bonds is 6. The first-order valence-electron chi connectivity index (χ1n) is 5.30. The van der Waals surface area contributed by atoms with E-state index in [2.05, 4.69) is 35.6 Å². The van der Waals surface area contributed by atoms with Crippen LogP contribution in [0.5, 0.6) is 0 Å². The highest BCUT2D eigenvalue weighted by atomic mass is 15.2. The zero-order chi connectivity index (χ0) is 10.9. The standard InChI is InChI=1S/C13H18N2/c1-2-3-9-13(15-14)11-10-12-7-5-4-6-8-12/h1,4-8,13,15H,3,9-11,14H2. The van der Waals surface area contributed by atoms with E-state index in [0.717, 1.165) is 25.7 Å². The lowest BCUT2D eigenvalue weighted by molar-refractivity contribution is 0.469. The molecule has 0 amide bonds. The van der Waals surface area contributed by atoms with Gasteiger partial charge in [0.05, 0.1) is 0 Å². The third-order valence-electron chi connectivity index (χ3n) is 2.50. The van der Waals surface area contributed by atoms with E-state index in [-0.39, 0.29) is 0 Å². The molecular formula is C13H18N2. The highest BCUT2D eigenvalue weighted by Gasteiger charge is 2.05. The summed E-state index contributed by atoms with van der Waals surface area (Å²) in [5.74, 6) is 8.09. The van der Waals surface area contributed by atoms with E-state index >= 15 is 0 Å². The molecule has 0 radical (unpaired) electrons. The zero-order valence-corrected chi connectivity index (χ0v) is 8.95. The summed E-state index contributed by atoms with van der Waals surface area (Å²) in [5.41, 5.74) is 4.16. The molecule has 0 aliphatic rings. The Morgan fingerprint density at radius 1 is 1.27 bits per heavy atom. The Labute approximate surface area is 91.8 Å². The van der Waals surface area contributed by atoms with E-state index in [4.69, 9.17) is 12.3 Å². The number of hydrogen-bond acceptors (Lipinski definition) is 2. The molecule has 1 aromatic carbocycles. The van der Waals surface area contributed by atoms with Crippen LogP contribution in [0.2, 0.25) is 0 Å². The van der Waals surface area contributed by atoms with Crippen molar-refractivity contribution >= 4 is 0 Å². The molecule has 1 rings (SSSR count). The van der Waals surface area contributed by atoms with Gasteiger partial charge in [0.1, 0.15) is 0 Å². The van der Waals surface area contributed by atoms with Crippen LogP contribution >= 0.6 is 0 Å². The van der Waals surface area contributed by atoms with Gasteiger partial charge >= 0.3 is 0 Å². The second kappa shape index (κ2) is 7.05. The summed E-state index contributed by atoms with van der Waals surface area (Å²) in [5, 5.41) is 0. The van der Waals surface area contributed by atoms with Crippen molar-refractivity contribution in [1.82, 2.24) is 5.43 Å². The topological polar surface area (TPSA) is 38.0 Å². The maximum Gasteiger partial charge on any atom is 0.0222 e. The van der Waals surface area contributed by atoms with Gasteiger partial charge in [-0.1, -0.05) is 30.3 Å². The molecule has 0 saturated carbocycles. The van der Waals surface area contributed by atoms with Gasteiger partial charge in [-0.05, 0) is 24.8 Å². The number of terminal acetylenes is 1. The van der Waals surface area contributed by atoms with Crippen LogP contribution in [0.1, 0.15) is 24.8 Å². The largest absolute Gasteiger partial charge is 0.271 e. The quantitative estimate of drug-likeness (QED) is 0.420. The molecule has 0 aliphatic heterocycles. The van der Waals surface area contributed by atoms with Gasteiger partial charge in [-0.25, -0.2) is 0 Å². The molecule has 15 heavy (non-hydrogen) atoms. The van der Waals surface area contributed by atoms with Crippen molar-refractivity contribution in [2.75, 3.05) is 0 Å². The summed E-state index contributed by atoms with van der Waals surface area (Å²) in [4.78, 5) is 0. The SMILES string of the molecule is C#CCCC(CCc1ccccc1)NN. The predicted molar refractivity (Wildman–Crippen MR) is 63.9 cm³/mol. The average Bonchev–Trinajstić information content (AvgIpc) is 2.31. The number of hydrogen-bond donors (Lipinski definition) is 2. The number of nitrogens with two attached hydrogens (primary N) is 1. The number of nitrogens with one attached hydrogen (secondary N) is 1. The fraction of sp³-hybridized carbons (Fsp3) is 0.385. The van der Waals surface area contributed by atoms with Gasteiger partial charge in [-0.15, -0.1) is 12.3 Å². The van der Waals surface area contributed by atoms with Gasteiger partial charge in [0, 0.05) is 12.5 Å². The van der Waals surface area contributed by atoms with Gasteiger partial charge < -0.3 is 0 Å². The summed E-state index contributed by atoms with van der Waals surface area (Å²) in [6, 6.07) is 10.7. The number of aryl methyl sites for hydroxylation is 1. The van der Waals surface area contributed by atoms with E-state index < -0.39 is 0 Å². The van der Waals surface area contributed by atoms with Gasteiger partial charge in [0.25, 0.3) is 0 Å². The maximum atomic E-state index is 5.46. The Morgan fingerprint density at radius 3 is 2.60 bits per heavy atom. The molecule has 0 spiro atoms. The summed E-state index contributed by atoms with van der Waals surface area (Å²) < 4.78 is 0. The van der Waals surface area contributed by atoms with Gasteiger partial charge in [0.2, 0.25) is 0 Å². The number of benzene rings is 1. The van der Waals surface area contributed by atoms with E-state index in [1.54, 1.807) is 0 Å². The fourth-order valence-corrected chi connectivity index (χ4v) is 1.55. The van der Waals surface area contributed by atoms with Crippen molar-refractivity contribution < 1.29 is 0 Å². The third-order valence-corrected chi connectivity index (χ3v) is 2.50. The van der Waals surface area contributed by atoms with Crippen molar-refractivity contribution in [2.45, 2.75) is 31.7 Å². The van der Waals surface area contributed by atoms with Crippen LogP contribution in [0.25, 0.3) is 0 Å². The molecule has 0 bridgehead atoms. The highest BCUT2D eigenvalue weighted by molar-refractivity contribution is 5.14. The molecule has 0 aliphatic carbocycles. The lowest BCUT2D eigenvalue weighted by Crippen LogP contribution is -2.35. The van der Waals surface area contributed by atoms with Gasteiger partial charge in [-0.2, -0.15) is 0 Å². The molecule has 0 heterocycles. The second-order valence-corrected chi connectivity index (χ2v) is 3.63. The monoisotopic (exact) mass is 202 g/mol. The fourth-order valence-electron chi connectivity index (χ4n) is 1.55. The van der Waals surface area contributed by atoms with E-state index in [1.807, 2.05) is 6.07 Å². The van der Waals surface area contributed by atoms with Crippen molar-refractivity contribution in [3.63, 3.8) is 0 Å². The smallest absolute Gasteiger partial charge is 0.0222 e. The summed E-state index contributed by atoms with van der Waals surface area (Å²) >= 11 is 0. The Kier molecular flexibility index (Phi) is 5.54. The average molecular weight is 202 g/mol. The lowest BCUT2D eigenvalue weighted by Gasteiger charge is -2.14. The highest BCUT2D eigenvalue weighted by Crippen LogP contribution is 2.07. The number of hydrazine groups is 1. The van der Waals surface area contributed by atoms with Crippen LogP contribution in [0.3, 0.4) is 0 Å². The van der Waals surface area contributed by atoms with Crippen LogP contribution in [-0.2, 0) is 6.42 Å². The summed E-state index contributed by atoms with van der Waals surface area (Å²) in [7, 11) is 0. The Balaban J connectivity index is 2.31. The molecule has 2 nitrogen and oxygen atoms in total. The van der Waals surface area contributed by atoms with E-state index in [9.17, 15) is 0 Å². The third kappa shape index (κ3) is 4.64. The van der Waals surface area contributed by atoms with Crippen molar-refractivity contribution in [3.05, 3.63) is 35.9 Å². The van der Waals surface area contributed by atoms with Crippen molar-refractivity contribution in [1.29, 1.82) is 0 Å². The summed E-state index contributed by atoms with van der Waals surface area (Å²) in [6.07, 6.45) is 9.02. The first kappa shape index (κ1) is 11.8. The Bertz CT molecular complexity index is 300. The summed E-state index contributed by atoms with van der Waals surface area (Å²) in [6.45, 7) is 0. The minimum Gasteiger partial charge on any atom is -0.271 e. The van der Waals surface area contributed by atoms with E-state index in [0.29, 0.717) is 6.04 Å². The van der Waals surface area contributed by atoms with Crippen LogP contribution in [-0.4, -0.2) is 6.04 Å². The molecule has 1 aromatic rings. The van der Waals surface area contributed by atoms with Crippen molar-refractivity contribution in [3.8, 4) is 12.3 Å². The molecule has 1 unspecified atom stereocenters. The van der Waals surface area contributed by atoms with Crippen molar-refractivity contribution in [2.24, 2.45) is 5.84 Å². The minimum atomic E-state index is 0.321. The van der Waals surface area contributed by atoms with E-state index in [1.165, 1.54) is 5.56 Å². The molecule has 2 heteroatoms. The molecule has 0 aromatic heterocycles. The molecule has 80 valence electrons. The van der Waals surface area contributed by atoms with Crippen LogP contribution in [0.4, 0.5) is 0 Å². The molecule has 1 atom stereocenters. The zero-order valence-electron chi connectivity index (χ0n) is 8.95.